The van der Waals surface area contributed by atoms with Crippen molar-refractivity contribution in [2.45, 2.75) is 51.5 Å². The molecule has 1 aliphatic rings. The van der Waals surface area contributed by atoms with Crippen LogP contribution in [0, 0.1) is 5.92 Å². The molecule has 1 nitrogen and oxygen atoms in total. The van der Waals surface area contributed by atoms with Crippen LogP contribution in [-0.2, 0) is 0 Å². The van der Waals surface area contributed by atoms with Crippen molar-refractivity contribution in [2.24, 2.45) is 5.92 Å². The van der Waals surface area contributed by atoms with E-state index in [1.165, 1.54) is 31.2 Å². The summed E-state index contributed by atoms with van der Waals surface area (Å²) in [5, 5.41) is 3.78. The van der Waals surface area contributed by atoms with Gasteiger partial charge in [0.05, 0.1) is 0 Å². The van der Waals surface area contributed by atoms with Crippen molar-refractivity contribution in [1.82, 2.24) is 5.32 Å². The first-order chi connectivity index (χ1) is 8.31. The molecule has 1 fully saturated rings. The van der Waals surface area contributed by atoms with Gasteiger partial charge in [0.2, 0.25) is 0 Å². The minimum atomic E-state index is 0.620. The van der Waals surface area contributed by atoms with Gasteiger partial charge < -0.3 is 5.32 Å². The molecule has 0 heterocycles. The molecule has 0 amide bonds. The fourth-order valence-corrected chi connectivity index (χ4v) is 3.02. The summed E-state index contributed by atoms with van der Waals surface area (Å²) in [7, 11) is 0. The Labute approximate surface area is 106 Å². The van der Waals surface area contributed by atoms with E-state index >= 15 is 0 Å². The van der Waals surface area contributed by atoms with E-state index in [4.69, 9.17) is 0 Å². The van der Waals surface area contributed by atoms with Crippen LogP contribution in [0.2, 0.25) is 0 Å². The van der Waals surface area contributed by atoms with Crippen molar-refractivity contribution in [2.75, 3.05) is 6.54 Å². The number of hydrogen-bond donors (Lipinski definition) is 1. The lowest BCUT2D eigenvalue weighted by Gasteiger charge is -2.22. The number of nitrogens with one attached hydrogen (secondary N) is 1. The van der Waals surface area contributed by atoms with Crippen LogP contribution in [0.5, 0.6) is 0 Å². The van der Waals surface area contributed by atoms with Gasteiger partial charge >= 0.3 is 0 Å². The van der Waals surface area contributed by atoms with Crippen LogP contribution in [0.15, 0.2) is 30.3 Å². The molecule has 0 aliphatic heterocycles. The molecule has 0 bridgehead atoms. The second kappa shape index (κ2) is 6.20. The van der Waals surface area contributed by atoms with E-state index in [0.29, 0.717) is 5.92 Å². The van der Waals surface area contributed by atoms with Gasteiger partial charge in [-0.1, -0.05) is 57.0 Å². The maximum absolute atomic E-state index is 3.78. The normalized spacial score (nSPS) is 26.0. The Morgan fingerprint density at radius 1 is 1.24 bits per heavy atom. The highest BCUT2D eigenvalue weighted by Crippen LogP contribution is 2.28. The number of hydrogen-bond acceptors (Lipinski definition) is 1. The summed E-state index contributed by atoms with van der Waals surface area (Å²) in [5.74, 6) is 1.53. The van der Waals surface area contributed by atoms with Gasteiger partial charge in [0.15, 0.2) is 0 Å². The highest BCUT2D eigenvalue weighted by Gasteiger charge is 2.25. The lowest BCUT2D eigenvalue weighted by Crippen LogP contribution is -2.34. The Morgan fingerprint density at radius 3 is 2.71 bits per heavy atom. The summed E-state index contributed by atoms with van der Waals surface area (Å²) in [6.07, 6.45) is 5.54. The van der Waals surface area contributed by atoms with Crippen molar-refractivity contribution in [3.8, 4) is 0 Å². The largest absolute Gasteiger partial charge is 0.313 e. The molecular formula is C16H25N. The lowest BCUT2D eigenvalue weighted by atomic mass is 9.98. The fraction of sp³-hybridized carbons (Fsp3) is 0.625. The average Bonchev–Trinajstić information content (AvgIpc) is 2.84. The van der Waals surface area contributed by atoms with Crippen LogP contribution in [0.1, 0.15) is 51.0 Å². The van der Waals surface area contributed by atoms with Crippen molar-refractivity contribution in [3.63, 3.8) is 0 Å². The molecule has 1 saturated carbocycles. The summed E-state index contributed by atoms with van der Waals surface area (Å²) >= 11 is 0. The predicted octanol–water partition coefficient (Wildman–Crippen LogP) is 3.96. The zero-order valence-electron chi connectivity index (χ0n) is 11.2. The number of rotatable bonds is 5. The van der Waals surface area contributed by atoms with Gasteiger partial charge in [-0.3, -0.25) is 0 Å². The van der Waals surface area contributed by atoms with Crippen LogP contribution < -0.4 is 5.32 Å². The summed E-state index contributed by atoms with van der Waals surface area (Å²) < 4.78 is 0. The molecule has 1 aliphatic carbocycles. The van der Waals surface area contributed by atoms with Crippen LogP contribution in [0.4, 0.5) is 0 Å². The van der Waals surface area contributed by atoms with Gasteiger partial charge in [0.1, 0.15) is 0 Å². The summed E-state index contributed by atoms with van der Waals surface area (Å²) in [6.45, 7) is 5.76. The number of benzene rings is 1. The van der Waals surface area contributed by atoms with Crippen LogP contribution >= 0.6 is 0 Å². The van der Waals surface area contributed by atoms with E-state index in [9.17, 15) is 0 Å². The third-order valence-corrected chi connectivity index (χ3v) is 4.24. The van der Waals surface area contributed by atoms with Crippen molar-refractivity contribution >= 4 is 0 Å². The first-order valence-electron chi connectivity index (χ1n) is 7.09. The molecule has 1 heteroatoms. The first-order valence-corrected chi connectivity index (χ1v) is 7.09. The maximum atomic E-state index is 3.78. The minimum absolute atomic E-state index is 0.620. The monoisotopic (exact) mass is 231 g/mol. The fourth-order valence-electron chi connectivity index (χ4n) is 3.02. The van der Waals surface area contributed by atoms with Gasteiger partial charge in [-0.2, -0.15) is 0 Å². The van der Waals surface area contributed by atoms with Crippen LogP contribution in [0.25, 0.3) is 0 Å². The Hall–Kier alpha value is -0.820. The van der Waals surface area contributed by atoms with Gasteiger partial charge in [0.25, 0.3) is 0 Å². The molecule has 17 heavy (non-hydrogen) atoms. The van der Waals surface area contributed by atoms with E-state index in [1.54, 1.807) is 0 Å². The second-order valence-electron chi connectivity index (χ2n) is 5.43. The topological polar surface area (TPSA) is 12.0 Å². The van der Waals surface area contributed by atoms with E-state index in [0.717, 1.165) is 18.5 Å². The van der Waals surface area contributed by atoms with E-state index in [2.05, 4.69) is 49.5 Å². The third-order valence-electron chi connectivity index (χ3n) is 4.24. The zero-order valence-corrected chi connectivity index (χ0v) is 11.2. The van der Waals surface area contributed by atoms with Gasteiger partial charge in [0, 0.05) is 12.6 Å². The van der Waals surface area contributed by atoms with E-state index in [-0.39, 0.29) is 0 Å². The van der Waals surface area contributed by atoms with Gasteiger partial charge in [-0.05, 0) is 30.2 Å². The first kappa shape index (κ1) is 12.6. The summed E-state index contributed by atoms with van der Waals surface area (Å²) in [4.78, 5) is 0. The molecule has 3 atom stereocenters. The molecular weight excluding hydrogens is 206 g/mol. The standard InChI is InChI=1S/C16H25N/c1-3-14-10-7-11-16(14)17-12-13(2)15-8-5-4-6-9-15/h4-6,8-9,13-14,16-17H,3,7,10-12H2,1-2H3. The lowest BCUT2D eigenvalue weighted by molar-refractivity contribution is 0.383. The third kappa shape index (κ3) is 3.32. The van der Waals surface area contributed by atoms with E-state index < -0.39 is 0 Å². The Balaban J connectivity index is 1.82. The zero-order chi connectivity index (χ0) is 12.1. The Kier molecular flexibility index (Phi) is 4.61. The molecule has 0 radical (unpaired) electrons. The Morgan fingerprint density at radius 2 is 2.00 bits per heavy atom. The maximum Gasteiger partial charge on any atom is 0.00954 e. The van der Waals surface area contributed by atoms with Crippen molar-refractivity contribution < 1.29 is 0 Å². The van der Waals surface area contributed by atoms with Gasteiger partial charge in [-0.15, -0.1) is 0 Å². The average molecular weight is 231 g/mol. The summed E-state index contributed by atoms with van der Waals surface area (Å²) in [6, 6.07) is 11.6. The molecule has 1 aromatic rings. The van der Waals surface area contributed by atoms with Crippen LogP contribution in [0.3, 0.4) is 0 Å². The molecule has 0 saturated heterocycles. The van der Waals surface area contributed by atoms with Crippen LogP contribution in [-0.4, -0.2) is 12.6 Å². The van der Waals surface area contributed by atoms with Crippen molar-refractivity contribution in [1.29, 1.82) is 0 Å². The molecule has 94 valence electrons. The highest BCUT2D eigenvalue weighted by atomic mass is 14.9. The van der Waals surface area contributed by atoms with E-state index in [1.807, 2.05) is 0 Å². The quantitative estimate of drug-likeness (QED) is 0.809. The highest BCUT2D eigenvalue weighted by molar-refractivity contribution is 5.19. The van der Waals surface area contributed by atoms with Gasteiger partial charge in [-0.25, -0.2) is 0 Å². The summed E-state index contributed by atoms with van der Waals surface area (Å²) in [5.41, 5.74) is 1.45. The molecule has 1 aromatic carbocycles. The molecule has 2 rings (SSSR count). The smallest absolute Gasteiger partial charge is 0.00954 e. The Bertz CT molecular complexity index is 320. The predicted molar refractivity (Wildman–Crippen MR) is 74.3 cm³/mol. The second-order valence-corrected chi connectivity index (χ2v) is 5.43. The molecule has 3 unspecified atom stereocenters. The molecule has 0 spiro atoms. The molecule has 0 aromatic heterocycles. The molecule has 1 N–H and O–H groups in total. The minimum Gasteiger partial charge on any atom is -0.313 e. The van der Waals surface area contributed by atoms with Crippen molar-refractivity contribution in [3.05, 3.63) is 35.9 Å². The SMILES string of the molecule is CCC1CCCC1NCC(C)c1ccccc1.